The van der Waals surface area contributed by atoms with E-state index in [1.54, 1.807) is 12.1 Å². The highest BCUT2D eigenvalue weighted by atomic mass is 35.5. The molecular formula is C23H23ClF3N5O3. The Morgan fingerprint density at radius 3 is 2.40 bits per heavy atom. The number of nitrogens with zero attached hydrogens (tertiary/aromatic N) is 3. The molecule has 2 amide bonds. The summed E-state index contributed by atoms with van der Waals surface area (Å²) in [7, 11) is 0. The van der Waals surface area contributed by atoms with E-state index in [0.29, 0.717) is 5.69 Å². The molecule has 2 N–H and O–H groups in total. The SMILES string of the molecule is CC(C)(C)c1ccc(NC(=O)OCCNC(=O)c2cn(-c3ncccc3Cl)nc2C(F)(F)F)cc1. The first-order valence-electron chi connectivity index (χ1n) is 10.5. The molecule has 0 fully saturated rings. The van der Waals surface area contributed by atoms with Crippen molar-refractivity contribution in [2.24, 2.45) is 0 Å². The number of benzene rings is 1. The highest BCUT2D eigenvalue weighted by Gasteiger charge is 2.39. The summed E-state index contributed by atoms with van der Waals surface area (Å²) < 4.78 is 46.1. The number of hydrogen-bond donors (Lipinski definition) is 2. The summed E-state index contributed by atoms with van der Waals surface area (Å²) >= 11 is 5.97. The number of pyridine rings is 1. The van der Waals surface area contributed by atoms with E-state index >= 15 is 0 Å². The molecule has 0 aliphatic carbocycles. The number of aromatic nitrogens is 3. The molecule has 8 nitrogen and oxygen atoms in total. The number of halogens is 4. The topological polar surface area (TPSA) is 98.1 Å². The number of nitrogens with one attached hydrogen (secondary N) is 2. The number of amides is 2. The lowest BCUT2D eigenvalue weighted by atomic mass is 9.87. The number of hydrogen-bond acceptors (Lipinski definition) is 5. The van der Waals surface area contributed by atoms with Gasteiger partial charge >= 0.3 is 12.3 Å². The maximum absolute atomic E-state index is 13.4. The van der Waals surface area contributed by atoms with Crippen LogP contribution in [-0.2, 0) is 16.3 Å². The number of rotatable bonds is 6. The molecule has 1 aromatic carbocycles. The Bertz CT molecular complexity index is 1200. The Balaban J connectivity index is 1.57. The number of carbonyl (C=O) groups is 2. The van der Waals surface area contributed by atoms with Crippen LogP contribution in [0.25, 0.3) is 5.82 Å². The largest absolute Gasteiger partial charge is 0.447 e. The fourth-order valence-electron chi connectivity index (χ4n) is 3.01. The van der Waals surface area contributed by atoms with Crippen molar-refractivity contribution in [1.82, 2.24) is 20.1 Å². The minimum absolute atomic E-state index is 0.0381. The van der Waals surface area contributed by atoms with Gasteiger partial charge in [0.1, 0.15) is 6.61 Å². The van der Waals surface area contributed by atoms with Crippen LogP contribution in [0, 0.1) is 0 Å². The lowest BCUT2D eigenvalue weighted by molar-refractivity contribution is -0.141. The van der Waals surface area contributed by atoms with Crippen LogP contribution >= 0.6 is 11.6 Å². The standard InChI is InChI=1S/C23H23ClF3N5O3/c1-22(2,3)14-6-8-15(9-7-14)30-21(34)35-12-11-29-20(33)16-13-32(31-18(16)23(25,26)27)19-17(24)5-4-10-28-19/h4-10,13H,11-12H2,1-3H3,(H,29,33)(H,30,34). The van der Waals surface area contributed by atoms with E-state index in [2.05, 4.69) is 41.5 Å². The van der Waals surface area contributed by atoms with E-state index in [9.17, 15) is 22.8 Å². The van der Waals surface area contributed by atoms with E-state index < -0.39 is 29.4 Å². The van der Waals surface area contributed by atoms with Crippen molar-refractivity contribution in [3.63, 3.8) is 0 Å². The highest BCUT2D eigenvalue weighted by molar-refractivity contribution is 6.32. The van der Waals surface area contributed by atoms with Crippen molar-refractivity contribution < 1.29 is 27.5 Å². The van der Waals surface area contributed by atoms with Crippen molar-refractivity contribution in [2.45, 2.75) is 32.4 Å². The predicted molar refractivity (Wildman–Crippen MR) is 124 cm³/mol. The van der Waals surface area contributed by atoms with Gasteiger partial charge < -0.3 is 10.1 Å². The smallest absolute Gasteiger partial charge is 0.435 e. The van der Waals surface area contributed by atoms with Gasteiger partial charge in [-0.3, -0.25) is 10.1 Å². The fraction of sp³-hybridized carbons (Fsp3) is 0.304. The molecule has 0 saturated heterocycles. The van der Waals surface area contributed by atoms with Crippen LogP contribution in [0.15, 0.2) is 48.8 Å². The second kappa shape index (κ2) is 10.3. The average molecular weight is 510 g/mol. The van der Waals surface area contributed by atoms with Gasteiger partial charge in [-0.2, -0.15) is 18.3 Å². The van der Waals surface area contributed by atoms with Gasteiger partial charge in [0.05, 0.1) is 17.1 Å². The number of carbonyl (C=O) groups excluding carboxylic acids is 2. The van der Waals surface area contributed by atoms with Crippen molar-refractivity contribution in [3.05, 3.63) is 70.6 Å². The van der Waals surface area contributed by atoms with Gasteiger partial charge in [0.15, 0.2) is 11.5 Å². The quantitative estimate of drug-likeness (QED) is 0.444. The molecule has 0 aliphatic heterocycles. The molecule has 3 rings (SSSR count). The van der Waals surface area contributed by atoms with Gasteiger partial charge in [0, 0.05) is 18.1 Å². The van der Waals surface area contributed by atoms with Crippen LogP contribution in [0.5, 0.6) is 0 Å². The molecule has 0 unspecified atom stereocenters. The molecule has 3 aromatic rings. The summed E-state index contributed by atoms with van der Waals surface area (Å²) in [4.78, 5) is 28.3. The molecule has 35 heavy (non-hydrogen) atoms. The summed E-state index contributed by atoms with van der Waals surface area (Å²) in [5, 5.41) is 8.33. The monoisotopic (exact) mass is 509 g/mol. The third-order valence-corrected chi connectivity index (χ3v) is 5.10. The third kappa shape index (κ3) is 6.72. The van der Waals surface area contributed by atoms with Gasteiger partial charge in [0.2, 0.25) is 0 Å². The Morgan fingerprint density at radius 1 is 1.11 bits per heavy atom. The minimum atomic E-state index is -4.89. The highest BCUT2D eigenvalue weighted by Crippen LogP contribution is 2.32. The molecule has 2 aromatic heterocycles. The van der Waals surface area contributed by atoms with E-state index in [1.165, 1.54) is 18.3 Å². The van der Waals surface area contributed by atoms with Gasteiger partial charge in [-0.05, 0) is 35.2 Å². The first-order valence-corrected chi connectivity index (χ1v) is 10.8. The van der Waals surface area contributed by atoms with E-state index in [1.807, 2.05) is 12.1 Å². The lowest BCUT2D eigenvalue weighted by Crippen LogP contribution is -2.30. The van der Waals surface area contributed by atoms with E-state index in [-0.39, 0.29) is 29.4 Å². The normalized spacial score (nSPS) is 11.7. The van der Waals surface area contributed by atoms with Crippen LogP contribution in [0.1, 0.15) is 42.4 Å². The van der Waals surface area contributed by atoms with Crippen molar-refractivity contribution in [3.8, 4) is 5.82 Å². The molecule has 0 bridgehead atoms. The minimum Gasteiger partial charge on any atom is -0.447 e. The maximum atomic E-state index is 13.4. The molecule has 2 heterocycles. The molecule has 0 radical (unpaired) electrons. The lowest BCUT2D eigenvalue weighted by Gasteiger charge is -2.19. The summed E-state index contributed by atoms with van der Waals surface area (Å²) in [6.07, 6.45) is -3.44. The van der Waals surface area contributed by atoms with Gasteiger partial charge in [0.25, 0.3) is 5.91 Å². The van der Waals surface area contributed by atoms with Gasteiger partial charge in [-0.25, -0.2) is 14.5 Å². The van der Waals surface area contributed by atoms with E-state index in [0.717, 1.165) is 16.4 Å². The number of anilines is 1. The Kier molecular flexibility index (Phi) is 7.69. The molecular weight excluding hydrogens is 487 g/mol. The summed E-state index contributed by atoms with van der Waals surface area (Å²) in [5.41, 5.74) is -0.547. The van der Waals surface area contributed by atoms with Crippen LogP contribution in [-0.4, -0.2) is 39.9 Å². The van der Waals surface area contributed by atoms with Crippen LogP contribution in [0.2, 0.25) is 5.02 Å². The molecule has 0 atom stereocenters. The predicted octanol–water partition coefficient (Wildman–Crippen LogP) is 5.22. The molecule has 186 valence electrons. The molecule has 0 saturated carbocycles. The van der Waals surface area contributed by atoms with Crippen molar-refractivity contribution in [2.75, 3.05) is 18.5 Å². The second-order valence-corrected chi connectivity index (χ2v) is 8.89. The van der Waals surface area contributed by atoms with Crippen molar-refractivity contribution in [1.29, 1.82) is 0 Å². The molecule has 12 heteroatoms. The Hall–Kier alpha value is -3.60. The Morgan fingerprint density at radius 2 is 1.80 bits per heavy atom. The summed E-state index contributed by atoms with van der Waals surface area (Å²) in [6.45, 7) is 5.71. The van der Waals surface area contributed by atoms with Crippen LogP contribution < -0.4 is 10.6 Å². The summed E-state index contributed by atoms with van der Waals surface area (Å²) in [6, 6.07) is 10.2. The zero-order chi connectivity index (χ0) is 25.8. The maximum Gasteiger partial charge on any atom is 0.435 e. The van der Waals surface area contributed by atoms with Crippen LogP contribution in [0.4, 0.5) is 23.7 Å². The first kappa shape index (κ1) is 26.0. The average Bonchev–Trinajstić information content (AvgIpc) is 3.23. The van der Waals surface area contributed by atoms with Gasteiger partial charge in [-0.15, -0.1) is 0 Å². The van der Waals surface area contributed by atoms with Crippen LogP contribution in [0.3, 0.4) is 0 Å². The molecule has 0 spiro atoms. The molecule has 0 aliphatic rings. The number of ether oxygens (including phenoxy) is 1. The third-order valence-electron chi connectivity index (χ3n) is 4.80. The first-order chi connectivity index (χ1) is 16.4. The number of alkyl halides is 3. The zero-order valence-corrected chi connectivity index (χ0v) is 19.9. The van der Waals surface area contributed by atoms with Crippen molar-refractivity contribution >= 4 is 29.3 Å². The second-order valence-electron chi connectivity index (χ2n) is 8.49. The fourth-order valence-corrected chi connectivity index (χ4v) is 3.22. The zero-order valence-electron chi connectivity index (χ0n) is 19.1. The van der Waals surface area contributed by atoms with E-state index in [4.69, 9.17) is 16.3 Å². The summed E-state index contributed by atoms with van der Waals surface area (Å²) in [5.74, 6) is -1.10. The Labute approximate surface area is 204 Å². The van der Waals surface area contributed by atoms with Gasteiger partial charge in [-0.1, -0.05) is 44.5 Å².